The summed E-state index contributed by atoms with van der Waals surface area (Å²) in [6.07, 6.45) is 5.81. The third-order valence-electron chi connectivity index (χ3n) is 6.00. The largest absolute Gasteiger partial charge is 0.461 e. The zero-order valence-corrected chi connectivity index (χ0v) is 16.3. The lowest BCUT2D eigenvalue weighted by molar-refractivity contribution is -0.130. The molecule has 0 saturated carbocycles. The second-order valence-electron chi connectivity index (χ2n) is 7.72. The quantitative estimate of drug-likeness (QED) is 0.729. The molecule has 1 unspecified atom stereocenters. The van der Waals surface area contributed by atoms with Gasteiger partial charge in [0, 0.05) is 44.7 Å². The molecular formula is C20H27N5O3. The Morgan fingerprint density at radius 2 is 2.21 bits per heavy atom. The Hall–Kier alpha value is -2.45. The first-order chi connectivity index (χ1) is 13.6. The van der Waals surface area contributed by atoms with Gasteiger partial charge in [-0.3, -0.25) is 14.6 Å². The van der Waals surface area contributed by atoms with Crippen LogP contribution in [-0.4, -0.2) is 76.1 Å². The third-order valence-corrected chi connectivity index (χ3v) is 6.00. The number of piperazine rings is 1. The number of nitrogens with zero attached hydrogens (tertiary/aromatic N) is 5. The van der Waals surface area contributed by atoms with Gasteiger partial charge in [-0.2, -0.15) is 4.98 Å². The summed E-state index contributed by atoms with van der Waals surface area (Å²) in [5.74, 6) is 1.89. The minimum Gasteiger partial charge on any atom is -0.461 e. The zero-order chi connectivity index (χ0) is 19.6. The highest BCUT2D eigenvalue weighted by molar-refractivity contribution is 5.76. The van der Waals surface area contributed by atoms with Gasteiger partial charge >= 0.3 is 0 Å². The molecule has 0 aliphatic carbocycles. The normalized spacial score (nSPS) is 24.6. The van der Waals surface area contributed by atoms with E-state index in [4.69, 9.17) is 8.94 Å². The molecule has 1 spiro atoms. The summed E-state index contributed by atoms with van der Waals surface area (Å²) in [5, 5.41) is 4.02. The number of aromatic nitrogens is 2. The Balaban J connectivity index is 1.44. The van der Waals surface area contributed by atoms with Crippen molar-refractivity contribution in [2.24, 2.45) is 0 Å². The molecule has 2 aliphatic heterocycles. The van der Waals surface area contributed by atoms with Gasteiger partial charge in [0.15, 0.2) is 5.76 Å². The number of carbonyl (C=O) groups excluding carboxylic acids is 1. The van der Waals surface area contributed by atoms with Crippen LogP contribution in [0, 0.1) is 0 Å². The van der Waals surface area contributed by atoms with E-state index >= 15 is 0 Å². The van der Waals surface area contributed by atoms with Crippen molar-refractivity contribution in [1.29, 1.82) is 0 Å². The molecule has 1 amide bonds. The van der Waals surface area contributed by atoms with E-state index in [9.17, 15) is 4.79 Å². The van der Waals surface area contributed by atoms with E-state index in [-0.39, 0.29) is 11.4 Å². The molecule has 0 radical (unpaired) electrons. The van der Waals surface area contributed by atoms with E-state index in [1.54, 1.807) is 18.4 Å². The maximum absolute atomic E-state index is 12.4. The Kier molecular flexibility index (Phi) is 5.32. The monoisotopic (exact) mass is 385 g/mol. The smallest absolute Gasteiger partial charge is 0.241 e. The summed E-state index contributed by atoms with van der Waals surface area (Å²) in [5.41, 5.74) is -0.00626. The van der Waals surface area contributed by atoms with Crippen LogP contribution in [-0.2, 0) is 11.3 Å². The number of likely N-dealkylation sites (N-methyl/N-ethyl adjacent to an activating group) is 1. The van der Waals surface area contributed by atoms with Gasteiger partial charge in [-0.15, -0.1) is 6.58 Å². The number of carbonyl (C=O) groups is 1. The topological polar surface area (TPSA) is 78.9 Å². The zero-order valence-electron chi connectivity index (χ0n) is 16.3. The van der Waals surface area contributed by atoms with Crippen molar-refractivity contribution < 1.29 is 13.7 Å². The molecule has 2 fully saturated rings. The number of amides is 1. The van der Waals surface area contributed by atoms with E-state index < -0.39 is 0 Å². The Bertz CT molecular complexity index is 818. The molecule has 2 aromatic heterocycles. The first-order valence-corrected chi connectivity index (χ1v) is 9.78. The maximum atomic E-state index is 12.4. The van der Waals surface area contributed by atoms with Gasteiger partial charge in [-0.1, -0.05) is 11.2 Å². The molecule has 150 valence electrons. The second kappa shape index (κ2) is 7.89. The summed E-state index contributed by atoms with van der Waals surface area (Å²) in [7, 11) is 2.17. The van der Waals surface area contributed by atoms with Crippen LogP contribution in [0.3, 0.4) is 0 Å². The Morgan fingerprint density at radius 1 is 1.32 bits per heavy atom. The molecule has 1 atom stereocenters. The van der Waals surface area contributed by atoms with E-state index in [2.05, 4.69) is 33.6 Å². The predicted octanol–water partition coefficient (Wildman–Crippen LogP) is 2.01. The third kappa shape index (κ3) is 3.74. The Labute approximate surface area is 164 Å². The van der Waals surface area contributed by atoms with Crippen LogP contribution in [0.4, 0.5) is 0 Å². The number of likely N-dealkylation sites (tertiary alicyclic amines) is 1. The van der Waals surface area contributed by atoms with Crippen molar-refractivity contribution in [2.75, 3.05) is 39.8 Å². The molecular weight excluding hydrogens is 358 g/mol. The molecule has 0 aromatic carbocycles. The SMILES string of the molecule is C=CCN1CCC2(CCC1=O)CN(Cc1nc(-c3ccco3)no1)CCN2C. The van der Waals surface area contributed by atoms with Crippen LogP contribution in [0.15, 0.2) is 40.0 Å². The lowest BCUT2D eigenvalue weighted by atomic mass is 9.86. The van der Waals surface area contributed by atoms with Crippen molar-refractivity contribution >= 4 is 5.91 Å². The molecule has 2 saturated heterocycles. The van der Waals surface area contributed by atoms with Crippen LogP contribution in [0.2, 0.25) is 0 Å². The average molecular weight is 385 g/mol. The average Bonchev–Trinajstić information content (AvgIpc) is 3.35. The fourth-order valence-corrected chi connectivity index (χ4v) is 4.28. The molecule has 2 aliphatic rings. The van der Waals surface area contributed by atoms with Crippen LogP contribution in [0.1, 0.15) is 25.2 Å². The predicted molar refractivity (Wildman–Crippen MR) is 103 cm³/mol. The van der Waals surface area contributed by atoms with E-state index in [0.717, 1.165) is 39.0 Å². The minimum absolute atomic E-state index is 0.00626. The molecule has 2 aromatic rings. The minimum atomic E-state index is -0.00626. The lowest BCUT2D eigenvalue weighted by Crippen LogP contribution is -2.60. The highest BCUT2D eigenvalue weighted by Crippen LogP contribution is 2.32. The van der Waals surface area contributed by atoms with Crippen LogP contribution in [0.25, 0.3) is 11.6 Å². The van der Waals surface area contributed by atoms with Gasteiger partial charge in [0.2, 0.25) is 17.6 Å². The summed E-state index contributed by atoms with van der Waals surface area (Å²) < 4.78 is 10.8. The van der Waals surface area contributed by atoms with Crippen molar-refractivity contribution in [3.8, 4) is 11.6 Å². The summed E-state index contributed by atoms with van der Waals surface area (Å²) in [6, 6.07) is 3.62. The molecule has 4 rings (SSSR count). The standard InChI is InChI=1S/C20H27N5O3/c1-3-9-25-10-8-20(7-6-18(25)26)15-24(12-11-23(20)2)14-17-21-19(22-28-17)16-5-4-13-27-16/h3-5,13H,1,6-12,14-15H2,2H3. The van der Waals surface area contributed by atoms with E-state index in [0.29, 0.717) is 37.0 Å². The highest BCUT2D eigenvalue weighted by atomic mass is 16.5. The summed E-state index contributed by atoms with van der Waals surface area (Å²) >= 11 is 0. The van der Waals surface area contributed by atoms with Crippen LogP contribution >= 0.6 is 0 Å². The molecule has 8 heteroatoms. The molecule has 0 bridgehead atoms. The second-order valence-corrected chi connectivity index (χ2v) is 7.72. The van der Waals surface area contributed by atoms with Gasteiger partial charge in [-0.05, 0) is 32.0 Å². The van der Waals surface area contributed by atoms with E-state index in [1.807, 2.05) is 11.0 Å². The lowest BCUT2D eigenvalue weighted by Gasteiger charge is -2.49. The number of rotatable bonds is 5. The Morgan fingerprint density at radius 3 is 3.00 bits per heavy atom. The molecule has 0 N–H and O–H groups in total. The van der Waals surface area contributed by atoms with Crippen LogP contribution in [0.5, 0.6) is 0 Å². The molecule has 8 nitrogen and oxygen atoms in total. The van der Waals surface area contributed by atoms with Crippen molar-refractivity contribution in [1.82, 2.24) is 24.8 Å². The first kappa shape index (κ1) is 18.9. The summed E-state index contributed by atoms with van der Waals surface area (Å²) in [4.78, 5) is 23.6. The highest BCUT2D eigenvalue weighted by Gasteiger charge is 2.42. The van der Waals surface area contributed by atoms with Gasteiger partial charge in [0.25, 0.3) is 0 Å². The fraction of sp³-hybridized carbons (Fsp3) is 0.550. The van der Waals surface area contributed by atoms with Gasteiger partial charge in [-0.25, -0.2) is 0 Å². The first-order valence-electron chi connectivity index (χ1n) is 9.78. The summed E-state index contributed by atoms with van der Waals surface area (Å²) in [6.45, 7) is 8.55. The number of furan rings is 1. The van der Waals surface area contributed by atoms with E-state index in [1.165, 1.54) is 0 Å². The van der Waals surface area contributed by atoms with Gasteiger partial charge < -0.3 is 13.8 Å². The van der Waals surface area contributed by atoms with Crippen LogP contribution < -0.4 is 0 Å². The van der Waals surface area contributed by atoms with Crippen molar-refractivity contribution in [3.63, 3.8) is 0 Å². The molecule has 4 heterocycles. The van der Waals surface area contributed by atoms with Crippen molar-refractivity contribution in [3.05, 3.63) is 36.9 Å². The fourth-order valence-electron chi connectivity index (χ4n) is 4.28. The maximum Gasteiger partial charge on any atom is 0.241 e. The van der Waals surface area contributed by atoms with Gasteiger partial charge in [0.05, 0.1) is 12.8 Å². The van der Waals surface area contributed by atoms with Crippen molar-refractivity contribution in [2.45, 2.75) is 31.3 Å². The number of hydrogen-bond acceptors (Lipinski definition) is 7. The van der Waals surface area contributed by atoms with Gasteiger partial charge in [0.1, 0.15) is 0 Å². The number of hydrogen-bond donors (Lipinski definition) is 0. The molecule has 28 heavy (non-hydrogen) atoms.